The van der Waals surface area contributed by atoms with Crippen molar-refractivity contribution in [2.75, 3.05) is 6.61 Å². The summed E-state index contributed by atoms with van der Waals surface area (Å²) in [5.41, 5.74) is 0.0199. The third-order valence-corrected chi connectivity index (χ3v) is 2.04. The molecule has 0 saturated heterocycles. The van der Waals surface area contributed by atoms with E-state index in [4.69, 9.17) is 4.74 Å². The largest absolute Gasteiger partial charge is 0.376 e. The van der Waals surface area contributed by atoms with E-state index in [-0.39, 0.29) is 5.60 Å². The summed E-state index contributed by atoms with van der Waals surface area (Å²) in [7, 11) is 0. The average molecular weight is 186 g/mol. The van der Waals surface area contributed by atoms with E-state index in [1.165, 1.54) is 12.8 Å². The Morgan fingerprint density at radius 2 is 1.54 bits per heavy atom. The minimum absolute atomic E-state index is 0.0199. The summed E-state index contributed by atoms with van der Waals surface area (Å²) in [6.45, 7) is 14.1. The Morgan fingerprint density at radius 3 is 1.92 bits per heavy atom. The van der Waals surface area contributed by atoms with Crippen LogP contribution in [0.5, 0.6) is 0 Å². The van der Waals surface area contributed by atoms with Gasteiger partial charge in [-0.05, 0) is 39.0 Å². The normalized spacial score (nSPS) is 15.0. The Hall–Kier alpha value is -0.0400. The Balaban J connectivity index is 3.46. The summed E-state index contributed by atoms with van der Waals surface area (Å²) in [4.78, 5) is 0. The molecule has 0 rings (SSSR count). The van der Waals surface area contributed by atoms with Gasteiger partial charge in [-0.15, -0.1) is 0 Å². The van der Waals surface area contributed by atoms with Gasteiger partial charge in [-0.25, -0.2) is 0 Å². The van der Waals surface area contributed by atoms with Crippen LogP contribution in [0.25, 0.3) is 0 Å². The molecule has 0 aromatic heterocycles. The zero-order chi connectivity index (χ0) is 10.5. The molecule has 0 aliphatic rings. The van der Waals surface area contributed by atoms with Crippen LogP contribution in [-0.2, 0) is 4.74 Å². The van der Waals surface area contributed by atoms with Crippen molar-refractivity contribution in [3.63, 3.8) is 0 Å². The van der Waals surface area contributed by atoms with Crippen molar-refractivity contribution in [2.45, 2.75) is 60.0 Å². The molecule has 0 amide bonds. The first-order chi connectivity index (χ1) is 5.81. The number of hydrogen-bond donors (Lipinski definition) is 0. The molecule has 13 heavy (non-hydrogen) atoms. The topological polar surface area (TPSA) is 9.23 Å². The van der Waals surface area contributed by atoms with Gasteiger partial charge in [0.15, 0.2) is 0 Å². The van der Waals surface area contributed by atoms with Gasteiger partial charge in [-0.1, -0.05) is 27.2 Å². The minimum atomic E-state index is 0.0199. The Morgan fingerprint density at radius 1 is 1.00 bits per heavy atom. The van der Waals surface area contributed by atoms with Crippen molar-refractivity contribution in [3.8, 4) is 0 Å². The quantitative estimate of drug-likeness (QED) is 0.633. The molecule has 80 valence electrons. The van der Waals surface area contributed by atoms with E-state index < -0.39 is 0 Å². The van der Waals surface area contributed by atoms with E-state index in [0.717, 1.165) is 12.5 Å². The standard InChI is InChI=1S/C12H26O/c1-10(2)7-8-11(3)9-13-12(4,5)6/h10-11H,7-9H2,1-6H3/t11-/m0/s1. The second-order valence-electron chi connectivity index (χ2n) is 5.50. The third kappa shape index (κ3) is 9.88. The Bertz CT molecular complexity index is 122. The lowest BCUT2D eigenvalue weighted by Crippen LogP contribution is -2.22. The van der Waals surface area contributed by atoms with Crippen LogP contribution >= 0.6 is 0 Å². The van der Waals surface area contributed by atoms with Crippen LogP contribution < -0.4 is 0 Å². The second-order valence-corrected chi connectivity index (χ2v) is 5.50. The summed E-state index contributed by atoms with van der Waals surface area (Å²) in [5, 5.41) is 0. The molecule has 0 fully saturated rings. The molecule has 1 heteroatoms. The van der Waals surface area contributed by atoms with Crippen LogP contribution in [0.1, 0.15) is 54.4 Å². The van der Waals surface area contributed by atoms with E-state index in [9.17, 15) is 0 Å². The lowest BCUT2D eigenvalue weighted by molar-refractivity contribution is -0.0212. The van der Waals surface area contributed by atoms with Gasteiger partial charge in [-0.2, -0.15) is 0 Å². The van der Waals surface area contributed by atoms with Crippen molar-refractivity contribution < 1.29 is 4.74 Å². The molecular formula is C12H26O. The van der Waals surface area contributed by atoms with Gasteiger partial charge >= 0.3 is 0 Å². The first kappa shape index (κ1) is 13.0. The van der Waals surface area contributed by atoms with Crippen molar-refractivity contribution in [3.05, 3.63) is 0 Å². The zero-order valence-electron chi connectivity index (χ0n) is 10.2. The van der Waals surface area contributed by atoms with Crippen LogP contribution in [0, 0.1) is 11.8 Å². The van der Waals surface area contributed by atoms with Gasteiger partial charge in [0.05, 0.1) is 5.60 Å². The van der Waals surface area contributed by atoms with E-state index in [0.29, 0.717) is 5.92 Å². The zero-order valence-corrected chi connectivity index (χ0v) is 10.2. The molecule has 0 N–H and O–H groups in total. The van der Waals surface area contributed by atoms with E-state index >= 15 is 0 Å². The lowest BCUT2D eigenvalue weighted by Gasteiger charge is -2.22. The van der Waals surface area contributed by atoms with Crippen molar-refractivity contribution in [1.82, 2.24) is 0 Å². The highest BCUT2D eigenvalue weighted by Crippen LogP contribution is 2.15. The van der Waals surface area contributed by atoms with Gasteiger partial charge in [0, 0.05) is 6.61 Å². The maximum Gasteiger partial charge on any atom is 0.0598 e. The maximum atomic E-state index is 5.72. The predicted octanol–water partition coefficient (Wildman–Crippen LogP) is 3.87. The number of hydrogen-bond acceptors (Lipinski definition) is 1. The van der Waals surface area contributed by atoms with Crippen LogP contribution in [0.4, 0.5) is 0 Å². The molecule has 0 heterocycles. The van der Waals surface area contributed by atoms with Crippen molar-refractivity contribution in [1.29, 1.82) is 0 Å². The monoisotopic (exact) mass is 186 g/mol. The van der Waals surface area contributed by atoms with E-state index in [2.05, 4.69) is 41.5 Å². The minimum Gasteiger partial charge on any atom is -0.376 e. The SMILES string of the molecule is CC(C)CC[C@H](C)COC(C)(C)C. The average Bonchev–Trinajstić information content (AvgIpc) is 1.95. The summed E-state index contributed by atoms with van der Waals surface area (Å²) in [6, 6.07) is 0. The second kappa shape index (κ2) is 5.64. The van der Waals surface area contributed by atoms with Crippen LogP contribution in [0.15, 0.2) is 0 Å². The Labute approximate surface area is 83.9 Å². The van der Waals surface area contributed by atoms with Gasteiger partial charge in [0.1, 0.15) is 0 Å². The van der Waals surface area contributed by atoms with Gasteiger partial charge < -0.3 is 4.74 Å². The lowest BCUT2D eigenvalue weighted by atomic mass is 10.00. The van der Waals surface area contributed by atoms with Crippen LogP contribution in [-0.4, -0.2) is 12.2 Å². The predicted molar refractivity (Wildman–Crippen MR) is 58.9 cm³/mol. The number of rotatable bonds is 5. The molecule has 0 aliphatic carbocycles. The summed E-state index contributed by atoms with van der Waals surface area (Å²) in [5.74, 6) is 1.51. The summed E-state index contributed by atoms with van der Waals surface area (Å²) >= 11 is 0. The molecule has 0 radical (unpaired) electrons. The third-order valence-electron chi connectivity index (χ3n) is 2.04. The van der Waals surface area contributed by atoms with Gasteiger partial charge in [0.2, 0.25) is 0 Å². The number of ether oxygens (including phenoxy) is 1. The highest BCUT2D eigenvalue weighted by molar-refractivity contribution is 4.61. The van der Waals surface area contributed by atoms with Gasteiger partial charge in [-0.3, -0.25) is 0 Å². The fraction of sp³-hybridized carbons (Fsp3) is 1.00. The van der Waals surface area contributed by atoms with Gasteiger partial charge in [0.25, 0.3) is 0 Å². The molecule has 0 bridgehead atoms. The van der Waals surface area contributed by atoms with Crippen LogP contribution in [0.3, 0.4) is 0 Å². The molecule has 0 unspecified atom stereocenters. The molecule has 0 saturated carbocycles. The first-order valence-electron chi connectivity index (χ1n) is 5.45. The fourth-order valence-corrected chi connectivity index (χ4v) is 1.09. The summed E-state index contributed by atoms with van der Waals surface area (Å²) in [6.07, 6.45) is 2.60. The molecule has 0 spiro atoms. The molecule has 0 aromatic carbocycles. The molecular weight excluding hydrogens is 160 g/mol. The highest BCUT2D eigenvalue weighted by atomic mass is 16.5. The smallest absolute Gasteiger partial charge is 0.0598 e. The van der Waals surface area contributed by atoms with Crippen molar-refractivity contribution in [2.24, 2.45) is 11.8 Å². The Kier molecular flexibility index (Phi) is 5.62. The molecule has 1 atom stereocenters. The van der Waals surface area contributed by atoms with E-state index in [1.54, 1.807) is 0 Å². The fourth-order valence-electron chi connectivity index (χ4n) is 1.09. The van der Waals surface area contributed by atoms with Crippen molar-refractivity contribution >= 4 is 0 Å². The van der Waals surface area contributed by atoms with E-state index in [1.807, 2.05) is 0 Å². The molecule has 0 aliphatic heterocycles. The highest BCUT2D eigenvalue weighted by Gasteiger charge is 2.12. The molecule has 1 nitrogen and oxygen atoms in total. The summed E-state index contributed by atoms with van der Waals surface area (Å²) < 4.78 is 5.72. The first-order valence-corrected chi connectivity index (χ1v) is 5.45. The maximum absolute atomic E-state index is 5.72. The van der Waals surface area contributed by atoms with Crippen LogP contribution in [0.2, 0.25) is 0 Å². The molecule has 0 aromatic rings.